The summed E-state index contributed by atoms with van der Waals surface area (Å²) in [6, 6.07) is 32.6. The highest BCUT2D eigenvalue weighted by molar-refractivity contribution is 8.26. The van der Waals surface area contributed by atoms with Crippen LogP contribution in [0.2, 0.25) is 0 Å². The summed E-state index contributed by atoms with van der Waals surface area (Å²) in [4.78, 5) is 15.6. The SMILES string of the molecule is CCC(C)N1C(=O)/C(=C/c2cn(-c3ccccc3)nc2-c2ccc(OCc3cccc4ccccc34)cc2)SC1=S. The number of carbonyl (C=O) groups excluding carboxylic acids is 1. The van der Waals surface area contributed by atoms with Crippen LogP contribution in [0.4, 0.5) is 0 Å². The molecule has 0 aliphatic carbocycles. The molecule has 2 heterocycles. The number of ether oxygens (including phenoxy) is 1. The van der Waals surface area contributed by atoms with Crippen LogP contribution in [-0.2, 0) is 11.4 Å². The Morgan fingerprint density at radius 3 is 2.46 bits per heavy atom. The normalized spacial score (nSPS) is 15.2. The zero-order valence-corrected chi connectivity index (χ0v) is 24.5. The van der Waals surface area contributed by atoms with E-state index in [1.165, 1.54) is 22.5 Å². The molecule has 7 heteroatoms. The Morgan fingerprint density at radius 1 is 0.951 bits per heavy atom. The van der Waals surface area contributed by atoms with Gasteiger partial charge < -0.3 is 4.74 Å². The number of benzene rings is 4. The summed E-state index contributed by atoms with van der Waals surface area (Å²) in [5, 5.41) is 7.33. The molecule has 0 radical (unpaired) electrons. The van der Waals surface area contributed by atoms with Crippen molar-refractivity contribution >= 4 is 51.1 Å². The van der Waals surface area contributed by atoms with Gasteiger partial charge in [-0.15, -0.1) is 0 Å². The molecular formula is C34H29N3O2S2. The first-order valence-electron chi connectivity index (χ1n) is 13.6. The number of hydrogen-bond acceptors (Lipinski definition) is 5. The lowest BCUT2D eigenvalue weighted by molar-refractivity contribution is -0.123. The number of rotatable bonds is 8. The van der Waals surface area contributed by atoms with E-state index in [4.69, 9.17) is 22.1 Å². The van der Waals surface area contributed by atoms with Crippen molar-refractivity contribution in [1.82, 2.24) is 14.7 Å². The van der Waals surface area contributed by atoms with Crippen molar-refractivity contribution < 1.29 is 9.53 Å². The summed E-state index contributed by atoms with van der Waals surface area (Å²) < 4.78 is 8.61. The molecule has 1 saturated heterocycles. The Balaban J connectivity index is 1.30. The number of nitrogens with zero attached hydrogens (tertiary/aromatic N) is 3. The zero-order chi connectivity index (χ0) is 28.3. The monoisotopic (exact) mass is 575 g/mol. The van der Waals surface area contributed by atoms with Crippen molar-refractivity contribution in [3.8, 4) is 22.7 Å². The number of thioether (sulfide) groups is 1. The third kappa shape index (κ3) is 5.56. The summed E-state index contributed by atoms with van der Waals surface area (Å²) >= 11 is 6.90. The van der Waals surface area contributed by atoms with Gasteiger partial charge in [0.2, 0.25) is 0 Å². The molecule has 0 saturated carbocycles. The summed E-state index contributed by atoms with van der Waals surface area (Å²) in [6.45, 7) is 4.56. The average Bonchev–Trinajstić information content (AvgIpc) is 3.56. The van der Waals surface area contributed by atoms with Crippen LogP contribution >= 0.6 is 24.0 Å². The molecule has 1 aromatic heterocycles. The van der Waals surface area contributed by atoms with Gasteiger partial charge in [0.1, 0.15) is 16.7 Å². The third-order valence-corrected chi connectivity index (χ3v) is 8.64. The number of para-hydroxylation sites is 1. The lowest BCUT2D eigenvalue weighted by Gasteiger charge is -2.21. The summed E-state index contributed by atoms with van der Waals surface area (Å²) in [5.41, 5.74) is 4.65. The lowest BCUT2D eigenvalue weighted by Crippen LogP contribution is -2.36. The van der Waals surface area contributed by atoms with E-state index in [-0.39, 0.29) is 11.9 Å². The molecule has 1 aliphatic heterocycles. The number of aromatic nitrogens is 2. The van der Waals surface area contributed by atoms with Crippen molar-refractivity contribution in [2.45, 2.75) is 32.9 Å². The van der Waals surface area contributed by atoms with E-state index in [0.29, 0.717) is 15.8 Å². The van der Waals surface area contributed by atoms with Crippen LogP contribution in [0.3, 0.4) is 0 Å². The molecule has 1 fully saturated rings. The van der Waals surface area contributed by atoms with Gasteiger partial charge in [0.25, 0.3) is 5.91 Å². The second-order valence-electron chi connectivity index (χ2n) is 9.97. The fourth-order valence-corrected chi connectivity index (χ4v) is 6.36. The maximum absolute atomic E-state index is 13.3. The Hall–Kier alpha value is -4.20. The highest BCUT2D eigenvalue weighted by Crippen LogP contribution is 2.36. The average molecular weight is 576 g/mol. The largest absolute Gasteiger partial charge is 0.489 e. The third-order valence-electron chi connectivity index (χ3n) is 7.31. The minimum Gasteiger partial charge on any atom is -0.489 e. The fraction of sp³-hybridized carbons (Fsp3) is 0.147. The second kappa shape index (κ2) is 11.7. The maximum atomic E-state index is 13.3. The summed E-state index contributed by atoms with van der Waals surface area (Å²) in [5.74, 6) is 0.727. The molecule has 1 atom stereocenters. The van der Waals surface area contributed by atoms with Gasteiger partial charge >= 0.3 is 0 Å². The summed E-state index contributed by atoms with van der Waals surface area (Å²) in [6.07, 6.45) is 4.71. The van der Waals surface area contributed by atoms with Crippen molar-refractivity contribution in [3.05, 3.63) is 119 Å². The highest BCUT2D eigenvalue weighted by atomic mass is 32.2. The zero-order valence-electron chi connectivity index (χ0n) is 22.9. The standard InChI is InChI=1S/C34H29N3O2S2/c1-3-23(2)37-33(38)31(41-34(37)40)20-27-21-36(28-13-5-4-6-14-28)35-32(27)25-16-18-29(19-17-25)39-22-26-12-9-11-24-10-7-8-15-30(24)26/h4-21,23H,3,22H2,1-2H3/b31-20-. The Bertz CT molecular complexity index is 1760. The van der Waals surface area contributed by atoms with Crippen LogP contribution in [0.1, 0.15) is 31.4 Å². The van der Waals surface area contributed by atoms with Crippen molar-refractivity contribution in [1.29, 1.82) is 0 Å². The number of amides is 1. The summed E-state index contributed by atoms with van der Waals surface area (Å²) in [7, 11) is 0. The van der Waals surface area contributed by atoms with Gasteiger partial charge in [0.15, 0.2) is 0 Å². The van der Waals surface area contributed by atoms with E-state index in [9.17, 15) is 4.79 Å². The molecule has 6 rings (SSSR count). The number of thiocarbonyl (C=S) groups is 1. The molecule has 0 bridgehead atoms. The first-order chi connectivity index (χ1) is 20.0. The smallest absolute Gasteiger partial charge is 0.266 e. The molecule has 1 amide bonds. The van der Waals surface area contributed by atoms with Gasteiger partial charge in [0, 0.05) is 23.4 Å². The van der Waals surface area contributed by atoms with Crippen LogP contribution in [-0.4, -0.2) is 30.9 Å². The van der Waals surface area contributed by atoms with E-state index in [2.05, 4.69) is 43.3 Å². The minimum absolute atomic E-state index is 0.0510. The molecule has 204 valence electrons. The lowest BCUT2D eigenvalue weighted by atomic mass is 10.1. The minimum atomic E-state index is -0.0510. The van der Waals surface area contributed by atoms with Gasteiger partial charge in [-0.1, -0.05) is 91.6 Å². The Morgan fingerprint density at radius 2 is 1.68 bits per heavy atom. The predicted octanol–water partition coefficient (Wildman–Crippen LogP) is 8.27. The predicted molar refractivity (Wildman–Crippen MR) is 172 cm³/mol. The second-order valence-corrected chi connectivity index (χ2v) is 11.6. The Labute approximate surface area is 249 Å². The van der Waals surface area contributed by atoms with Crippen LogP contribution in [0.25, 0.3) is 33.8 Å². The molecule has 0 spiro atoms. The van der Waals surface area contributed by atoms with E-state index < -0.39 is 0 Å². The number of hydrogen-bond donors (Lipinski definition) is 0. The number of carbonyl (C=O) groups is 1. The van der Waals surface area contributed by atoms with Gasteiger partial charge in [-0.25, -0.2) is 4.68 Å². The molecule has 41 heavy (non-hydrogen) atoms. The van der Waals surface area contributed by atoms with Crippen LogP contribution in [0, 0.1) is 0 Å². The van der Waals surface area contributed by atoms with Crippen molar-refractivity contribution in [3.63, 3.8) is 0 Å². The van der Waals surface area contributed by atoms with Crippen molar-refractivity contribution in [2.75, 3.05) is 0 Å². The number of fused-ring (bicyclic) bond motifs is 1. The van der Waals surface area contributed by atoms with Gasteiger partial charge in [0.05, 0.1) is 16.3 Å². The van der Waals surface area contributed by atoms with E-state index in [0.717, 1.165) is 40.2 Å². The first kappa shape index (κ1) is 27.0. The van der Waals surface area contributed by atoms with E-state index in [1.807, 2.05) is 84.5 Å². The quantitative estimate of drug-likeness (QED) is 0.138. The molecule has 5 aromatic rings. The van der Waals surface area contributed by atoms with Crippen LogP contribution in [0.15, 0.2) is 108 Å². The molecule has 1 unspecified atom stereocenters. The molecule has 1 aliphatic rings. The van der Waals surface area contributed by atoms with E-state index >= 15 is 0 Å². The molecular weight excluding hydrogens is 547 g/mol. The van der Waals surface area contributed by atoms with Gasteiger partial charge in [-0.05, 0) is 72.2 Å². The molecule has 4 aromatic carbocycles. The fourth-order valence-electron chi connectivity index (χ4n) is 4.90. The van der Waals surface area contributed by atoms with Gasteiger partial charge in [-0.3, -0.25) is 9.69 Å². The first-order valence-corrected chi connectivity index (χ1v) is 14.9. The maximum Gasteiger partial charge on any atom is 0.266 e. The van der Waals surface area contributed by atoms with E-state index in [1.54, 1.807) is 4.90 Å². The van der Waals surface area contributed by atoms with Crippen LogP contribution < -0.4 is 4.74 Å². The molecule has 5 nitrogen and oxygen atoms in total. The topological polar surface area (TPSA) is 47.4 Å². The van der Waals surface area contributed by atoms with Crippen LogP contribution in [0.5, 0.6) is 5.75 Å². The van der Waals surface area contributed by atoms with Crippen molar-refractivity contribution in [2.24, 2.45) is 0 Å². The van der Waals surface area contributed by atoms with Gasteiger partial charge in [-0.2, -0.15) is 5.10 Å². The highest BCUT2D eigenvalue weighted by Gasteiger charge is 2.35. The molecule has 0 N–H and O–H groups in total. The Kier molecular flexibility index (Phi) is 7.72.